The van der Waals surface area contributed by atoms with Crippen LogP contribution in [0.1, 0.15) is 30.1 Å². The number of hydrogen-bond donors (Lipinski definition) is 2. The Bertz CT molecular complexity index is 355. The van der Waals surface area contributed by atoms with Crippen LogP contribution in [-0.4, -0.2) is 35.8 Å². The number of pyridine rings is 1. The first kappa shape index (κ1) is 13.4. The van der Waals surface area contributed by atoms with Crippen LogP contribution in [-0.2, 0) is 4.74 Å². The van der Waals surface area contributed by atoms with E-state index in [0.717, 1.165) is 19.4 Å². The molecule has 0 bridgehead atoms. The third-order valence-electron chi connectivity index (χ3n) is 2.16. The molecule has 5 nitrogen and oxygen atoms in total. The summed E-state index contributed by atoms with van der Waals surface area (Å²) >= 11 is 0. The summed E-state index contributed by atoms with van der Waals surface area (Å²) in [5.41, 5.74) is 0.346. The van der Waals surface area contributed by atoms with Crippen LogP contribution in [0.2, 0.25) is 0 Å². The van der Waals surface area contributed by atoms with Gasteiger partial charge in [0.1, 0.15) is 5.75 Å². The van der Waals surface area contributed by atoms with E-state index in [2.05, 4.69) is 17.2 Å². The van der Waals surface area contributed by atoms with E-state index in [-0.39, 0.29) is 11.7 Å². The van der Waals surface area contributed by atoms with E-state index < -0.39 is 0 Å². The Kier molecular flexibility index (Phi) is 6.03. The molecule has 94 valence electrons. The van der Waals surface area contributed by atoms with Gasteiger partial charge in [-0.15, -0.1) is 0 Å². The Balaban J connectivity index is 2.21. The number of unbranched alkanes of at least 4 members (excludes halogenated alkanes) is 1. The summed E-state index contributed by atoms with van der Waals surface area (Å²) in [5.74, 6) is -0.274. The van der Waals surface area contributed by atoms with Crippen molar-refractivity contribution in [2.24, 2.45) is 0 Å². The van der Waals surface area contributed by atoms with Crippen molar-refractivity contribution in [1.82, 2.24) is 10.3 Å². The first-order valence-electron chi connectivity index (χ1n) is 5.74. The second-order valence-corrected chi connectivity index (χ2v) is 3.65. The Morgan fingerprint density at radius 1 is 1.47 bits per heavy atom. The number of carbonyl (C=O) groups excluding carboxylic acids is 1. The van der Waals surface area contributed by atoms with Gasteiger partial charge in [0.25, 0.3) is 5.91 Å². The van der Waals surface area contributed by atoms with Crippen molar-refractivity contribution < 1.29 is 14.6 Å². The van der Waals surface area contributed by atoms with Gasteiger partial charge < -0.3 is 15.2 Å². The zero-order valence-electron chi connectivity index (χ0n) is 9.98. The van der Waals surface area contributed by atoms with Gasteiger partial charge >= 0.3 is 0 Å². The smallest absolute Gasteiger partial charge is 0.253 e. The molecule has 17 heavy (non-hydrogen) atoms. The Hall–Kier alpha value is -1.62. The third-order valence-corrected chi connectivity index (χ3v) is 2.16. The average molecular weight is 238 g/mol. The summed E-state index contributed by atoms with van der Waals surface area (Å²) in [6, 6.07) is 1.38. The number of rotatable bonds is 7. The molecule has 1 amide bonds. The van der Waals surface area contributed by atoms with Crippen molar-refractivity contribution in [2.45, 2.75) is 19.8 Å². The monoisotopic (exact) mass is 238 g/mol. The van der Waals surface area contributed by atoms with Crippen LogP contribution in [0.4, 0.5) is 0 Å². The summed E-state index contributed by atoms with van der Waals surface area (Å²) in [5, 5.41) is 11.9. The zero-order valence-corrected chi connectivity index (χ0v) is 9.98. The van der Waals surface area contributed by atoms with Gasteiger partial charge in [-0.2, -0.15) is 0 Å². The molecule has 1 aromatic rings. The van der Waals surface area contributed by atoms with Crippen molar-refractivity contribution in [3.63, 3.8) is 0 Å². The highest BCUT2D eigenvalue weighted by molar-refractivity contribution is 5.94. The Labute approximate surface area is 101 Å². The first-order chi connectivity index (χ1) is 8.24. The van der Waals surface area contributed by atoms with Crippen LogP contribution in [0.5, 0.6) is 5.75 Å². The van der Waals surface area contributed by atoms with E-state index in [1.54, 1.807) is 0 Å². The van der Waals surface area contributed by atoms with Crippen molar-refractivity contribution in [3.8, 4) is 5.75 Å². The topological polar surface area (TPSA) is 71.5 Å². The van der Waals surface area contributed by atoms with Crippen molar-refractivity contribution in [1.29, 1.82) is 0 Å². The summed E-state index contributed by atoms with van der Waals surface area (Å²) in [6.07, 6.45) is 4.82. The molecule has 2 N–H and O–H groups in total. The fraction of sp³-hybridized carbons (Fsp3) is 0.500. The van der Waals surface area contributed by atoms with Gasteiger partial charge in [-0.05, 0) is 12.5 Å². The van der Waals surface area contributed by atoms with Crippen LogP contribution < -0.4 is 5.32 Å². The van der Waals surface area contributed by atoms with E-state index in [0.29, 0.717) is 18.7 Å². The lowest BCUT2D eigenvalue weighted by molar-refractivity contribution is 0.0912. The highest BCUT2D eigenvalue weighted by Crippen LogP contribution is 2.07. The Morgan fingerprint density at radius 3 is 3.00 bits per heavy atom. The van der Waals surface area contributed by atoms with Crippen LogP contribution in [0.25, 0.3) is 0 Å². The average Bonchev–Trinajstić information content (AvgIpc) is 2.33. The van der Waals surface area contributed by atoms with Crippen molar-refractivity contribution in [3.05, 3.63) is 24.0 Å². The molecule has 0 aliphatic carbocycles. The van der Waals surface area contributed by atoms with Crippen LogP contribution in [0, 0.1) is 0 Å². The predicted octanol–water partition coefficient (Wildman–Crippen LogP) is 1.33. The highest BCUT2D eigenvalue weighted by atomic mass is 16.5. The summed E-state index contributed by atoms with van der Waals surface area (Å²) in [6.45, 7) is 3.77. The lowest BCUT2D eigenvalue weighted by Gasteiger charge is -2.06. The molecule has 1 aromatic heterocycles. The molecule has 0 saturated carbocycles. The maximum atomic E-state index is 11.6. The second kappa shape index (κ2) is 7.62. The van der Waals surface area contributed by atoms with Gasteiger partial charge in [-0.1, -0.05) is 13.3 Å². The quantitative estimate of drug-likeness (QED) is 0.703. The van der Waals surface area contributed by atoms with E-state index >= 15 is 0 Å². The number of nitrogens with zero attached hydrogens (tertiary/aromatic N) is 1. The highest BCUT2D eigenvalue weighted by Gasteiger charge is 2.05. The molecule has 0 aromatic carbocycles. The number of aromatic hydroxyl groups is 1. The van der Waals surface area contributed by atoms with Crippen LogP contribution >= 0.6 is 0 Å². The maximum absolute atomic E-state index is 11.6. The molecule has 0 unspecified atom stereocenters. The molecule has 0 atom stereocenters. The van der Waals surface area contributed by atoms with Crippen molar-refractivity contribution in [2.75, 3.05) is 19.8 Å². The summed E-state index contributed by atoms with van der Waals surface area (Å²) < 4.78 is 5.30. The normalized spacial score (nSPS) is 10.2. The number of nitrogens with one attached hydrogen (secondary N) is 1. The third kappa shape index (κ3) is 5.31. The van der Waals surface area contributed by atoms with Gasteiger partial charge in [-0.25, -0.2) is 0 Å². The van der Waals surface area contributed by atoms with E-state index in [1.807, 2.05) is 0 Å². The molecule has 0 fully saturated rings. The van der Waals surface area contributed by atoms with Gasteiger partial charge in [-0.3, -0.25) is 9.78 Å². The van der Waals surface area contributed by atoms with E-state index in [9.17, 15) is 4.79 Å². The summed E-state index contributed by atoms with van der Waals surface area (Å²) in [7, 11) is 0. The predicted molar refractivity (Wildman–Crippen MR) is 64.0 cm³/mol. The Morgan fingerprint density at radius 2 is 2.29 bits per heavy atom. The molecule has 0 saturated heterocycles. The lowest BCUT2D eigenvalue weighted by atomic mass is 10.2. The van der Waals surface area contributed by atoms with E-state index in [4.69, 9.17) is 9.84 Å². The van der Waals surface area contributed by atoms with E-state index in [1.165, 1.54) is 18.5 Å². The molecule has 0 spiro atoms. The number of amides is 1. The molecule has 1 rings (SSSR count). The van der Waals surface area contributed by atoms with Gasteiger partial charge in [0, 0.05) is 19.3 Å². The molecule has 0 aliphatic rings. The summed E-state index contributed by atoms with van der Waals surface area (Å²) in [4.78, 5) is 15.3. The van der Waals surface area contributed by atoms with Crippen LogP contribution in [0.3, 0.4) is 0 Å². The lowest BCUT2D eigenvalue weighted by Crippen LogP contribution is -2.27. The second-order valence-electron chi connectivity index (χ2n) is 3.65. The van der Waals surface area contributed by atoms with Crippen molar-refractivity contribution >= 4 is 5.91 Å². The molecule has 5 heteroatoms. The molecular formula is C12H18N2O3. The first-order valence-corrected chi connectivity index (χ1v) is 5.74. The number of aromatic nitrogens is 1. The van der Waals surface area contributed by atoms with Gasteiger partial charge in [0.2, 0.25) is 0 Å². The number of ether oxygens (including phenoxy) is 1. The number of carbonyl (C=O) groups is 1. The minimum Gasteiger partial charge on any atom is -0.506 e. The minimum absolute atomic E-state index is 0.0168. The minimum atomic E-state index is -0.257. The fourth-order valence-corrected chi connectivity index (χ4v) is 1.24. The zero-order chi connectivity index (χ0) is 12.5. The molecule has 0 aliphatic heterocycles. The van der Waals surface area contributed by atoms with Crippen LogP contribution in [0.15, 0.2) is 18.5 Å². The SMILES string of the molecule is CCCCOCCNC(=O)c1cncc(O)c1. The molecule has 1 heterocycles. The maximum Gasteiger partial charge on any atom is 0.253 e. The molecular weight excluding hydrogens is 220 g/mol. The van der Waals surface area contributed by atoms with Gasteiger partial charge in [0.05, 0.1) is 18.4 Å². The standard InChI is InChI=1S/C12H18N2O3/c1-2-3-5-17-6-4-14-12(16)10-7-11(15)9-13-8-10/h7-9,15H,2-6H2,1H3,(H,14,16). The number of hydrogen-bond acceptors (Lipinski definition) is 4. The molecule has 0 radical (unpaired) electrons. The largest absolute Gasteiger partial charge is 0.506 e. The fourth-order valence-electron chi connectivity index (χ4n) is 1.24. The van der Waals surface area contributed by atoms with Gasteiger partial charge in [0.15, 0.2) is 0 Å².